The average Bonchev–Trinajstić information content (AvgIpc) is 3.90. The van der Waals surface area contributed by atoms with Gasteiger partial charge in [0.2, 0.25) is 27.6 Å². The first-order valence-electron chi connectivity index (χ1n) is 19.1. The molecule has 5 rings (SSSR count). The van der Waals surface area contributed by atoms with Crippen molar-refractivity contribution in [2.45, 2.75) is 128 Å². The lowest BCUT2D eigenvalue weighted by Crippen LogP contribution is -2.63. The Balaban J connectivity index is 1.38. The highest BCUT2D eigenvalue weighted by atomic mass is 32.2. The Hall–Kier alpha value is -3.74. The number of carbonyl (C=O) groups excluding carboxylic acids is 5. The predicted molar refractivity (Wildman–Crippen MR) is 206 cm³/mol. The van der Waals surface area contributed by atoms with Gasteiger partial charge in [0.1, 0.15) is 12.1 Å². The predicted octanol–water partition coefficient (Wildman–Crippen LogP) is 3.70. The summed E-state index contributed by atoms with van der Waals surface area (Å²) in [7, 11) is -3.70. The van der Waals surface area contributed by atoms with Gasteiger partial charge in [-0.05, 0) is 66.2 Å². The molecule has 3 fully saturated rings. The van der Waals surface area contributed by atoms with Gasteiger partial charge in [0.25, 0.3) is 5.91 Å². The third-order valence-corrected chi connectivity index (χ3v) is 14.8. The Labute approximate surface area is 323 Å². The van der Waals surface area contributed by atoms with E-state index in [0.29, 0.717) is 24.3 Å². The topological polar surface area (TPSA) is 174 Å². The summed E-state index contributed by atoms with van der Waals surface area (Å²) in [6.45, 7) is 12.1. The third-order valence-electron chi connectivity index (χ3n) is 11.9. The monoisotopic (exact) mass is 784 g/mol. The summed E-state index contributed by atoms with van der Waals surface area (Å²) in [6, 6.07) is -2.62. The smallest absolute Gasteiger partial charge is 0.315 e. The van der Waals surface area contributed by atoms with E-state index in [9.17, 15) is 32.4 Å². The molecule has 0 bridgehead atoms. The van der Waals surface area contributed by atoms with Gasteiger partial charge in [-0.15, -0.1) is 30.3 Å². The van der Waals surface area contributed by atoms with Crippen molar-refractivity contribution >= 4 is 50.9 Å². The number of sulfonamides is 1. The number of nitrogens with one attached hydrogen (secondary N) is 4. The number of rotatable bonds is 14. The molecule has 15 heteroatoms. The first-order chi connectivity index (χ1) is 25.5. The first-order valence-corrected chi connectivity index (χ1v) is 21.4. The molecule has 4 aliphatic rings. The van der Waals surface area contributed by atoms with Gasteiger partial charge < -0.3 is 26.2 Å². The zero-order valence-corrected chi connectivity index (χ0v) is 33.6. The minimum atomic E-state index is -3.70. The summed E-state index contributed by atoms with van der Waals surface area (Å²) < 4.78 is 28.0. The highest BCUT2D eigenvalue weighted by molar-refractivity contribution is 7.89. The molecule has 3 heterocycles. The number of hydrogen-bond acceptors (Lipinski definition) is 8. The number of amides is 5. The van der Waals surface area contributed by atoms with Crippen LogP contribution >= 0.6 is 11.3 Å². The number of urea groups is 1. The SMILES string of the molecule is C#CCCC(NC(=O)[C@@H]1[C@H]2CCC[C@H]2CN1C(=O)[C@@H](NC(=O)N[C@H](CN1Cc2sccc2S1(=O)=O)C(C)(C)C)C1(C)CCCCC1)C(=O)C(=O)NCC=C. The van der Waals surface area contributed by atoms with E-state index < -0.39 is 68.6 Å². The number of nitrogens with zero attached hydrogens (tertiary/aromatic N) is 2. The van der Waals surface area contributed by atoms with Crippen LogP contribution in [0.15, 0.2) is 29.0 Å². The second kappa shape index (κ2) is 17.0. The Kier molecular flexibility index (Phi) is 13.0. The van der Waals surface area contributed by atoms with E-state index in [2.05, 4.69) is 33.8 Å². The molecule has 1 saturated heterocycles. The van der Waals surface area contributed by atoms with Crippen LogP contribution in [0, 0.1) is 35.0 Å². The van der Waals surface area contributed by atoms with E-state index in [-0.39, 0.29) is 50.2 Å². The quantitative estimate of drug-likeness (QED) is 0.127. The molecule has 1 aromatic rings. The van der Waals surface area contributed by atoms with E-state index in [1.807, 2.05) is 27.7 Å². The van der Waals surface area contributed by atoms with E-state index in [1.165, 1.54) is 21.7 Å². The van der Waals surface area contributed by atoms with E-state index in [1.54, 1.807) is 16.3 Å². The molecule has 2 aliphatic heterocycles. The fourth-order valence-electron chi connectivity index (χ4n) is 8.67. The third kappa shape index (κ3) is 8.87. The normalized spacial score (nSPS) is 24.6. The van der Waals surface area contributed by atoms with Crippen LogP contribution in [-0.4, -0.2) is 91.0 Å². The Morgan fingerprint density at radius 2 is 1.81 bits per heavy atom. The van der Waals surface area contributed by atoms with Gasteiger partial charge >= 0.3 is 6.03 Å². The number of thiophene rings is 1. The number of fused-ring (bicyclic) bond motifs is 2. The highest BCUT2D eigenvalue weighted by Gasteiger charge is 2.53. The van der Waals surface area contributed by atoms with Gasteiger partial charge in [0.05, 0.1) is 10.9 Å². The van der Waals surface area contributed by atoms with Crippen LogP contribution in [0.2, 0.25) is 0 Å². The molecular formula is C39H56N6O7S2. The molecule has 0 aromatic carbocycles. The maximum absolute atomic E-state index is 14.9. The summed E-state index contributed by atoms with van der Waals surface area (Å²) >= 11 is 1.39. The fraction of sp³-hybridized carbons (Fsp3) is 0.667. The molecule has 54 heavy (non-hydrogen) atoms. The van der Waals surface area contributed by atoms with Crippen molar-refractivity contribution in [1.29, 1.82) is 0 Å². The standard InChI is InChI=1S/C39H56N6O7S2/c1-7-9-16-27(32(46)35(48)40-20-8-2)41-34(47)31-26-15-13-14-25(26)22-45(31)36(49)33(39(6)18-11-10-12-19-39)43-37(50)42-30(38(3,4)5)24-44-23-28-29(17-21-53-28)54(44,51)52/h1,8,17,21,25-27,30-31,33H,2,9-16,18-20,22-24H2,3-6H3,(H,40,48)(H,41,47)(H2,42,43,50)/t25-,26-,27?,30+,31-,33+/m0/s1. The van der Waals surface area contributed by atoms with E-state index >= 15 is 0 Å². The van der Waals surface area contributed by atoms with E-state index in [4.69, 9.17) is 6.42 Å². The number of hydrogen-bond donors (Lipinski definition) is 4. The van der Waals surface area contributed by atoms with Crippen LogP contribution in [0.5, 0.6) is 0 Å². The van der Waals surface area contributed by atoms with Crippen molar-refractivity contribution in [3.8, 4) is 12.3 Å². The Morgan fingerprint density at radius 3 is 2.46 bits per heavy atom. The summed E-state index contributed by atoms with van der Waals surface area (Å²) in [4.78, 5) is 71.7. The van der Waals surface area contributed by atoms with Gasteiger partial charge in [-0.3, -0.25) is 19.2 Å². The molecule has 0 spiro atoms. The number of terminal acetylenes is 1. The Morgan fingerprint density at radius 1 is 1.09 bits per heavy atom. The molecule has 1 aromatic heterocycles. The molecular weight excluding hydrogens is 729 g/mol. The summed E-state index contributed by atoms with van der Waals surface area (Å²) in [6.07, 6.45) is 13.8. The molecule has 296 valence electrons. The number of likely N-dealkylation sites (tertiary alicyclic amines) is 1. The molecule has 2 aliphatic carbocycles. The lowest BCUT2D eigenvalue weighted by atomic mass is 9.70. The van der Waals surface area contributed by atoms with Crippen LogP contribution in [0.3, 0.4) is 0 Å². The van der Waals surface area contributed by atoms with Gasteiger partial charge in [0.15, 0.2) is 0 Å². The zero-order chi connectivity index (χ0) is 39.4. The first kappa shape index (κ1) is 41.4. The maximum Gasteiger partial charge on any atom is 0.315 e. The lowest BCUT2D eigenvalue weighted by molar-refractivity contribution is -0.145. The second-order valence-corrected chi connectivity index (χ2v) is 19.6. The minimum absolute atomic E-state index is 0.0550. The van der Waals surface area contributed by atoms with E-state index in [0.717, 1.165) is 43.4 Å². The van der Waals surface area contributed by atoms with Crippen molar-refractivity contribution in [2.24, 2.45) is 22.7 Å². The number of carbonyl (C=O) groups is 5. The van der Waals surface area contributed by atoms with Crippen LogP contribution in [0.4, 0.5) is 4.79 Å². The van der Waals surface area contributed by atoms with Crippen LogP contribution in [0.25, 0.3) is 0 Å². The molecule has 5 amide bonds. The minimum Gasteiger partial charge on any atom is -0.346 e. The van der Waals surface area contributed by atoms with Crippen LogP contribution in [0.1, 0.15) is 96.8 Å². The van der Waals surface area contributed by atoms with Gasteiger partial charge in [-0.1, -0.05) is 59.5 Å². The van der Waals surface area contributed by atoms with Crippen LogP contribution < -0.4 is 21.3 Å². The number of Topliss-reactive ketones (excluding diaryl/α,β-unsaturated/α-hetero) is 1. The lowest BCUT2D eigenvalue weighted by Gasteiger charge is -2.43. The zero-order valence-electron chi connectivity index (χ0n) is 31.9. The molecule has 4 N–H and O–H groups in total. The maximum atomic E-state index is 14.9. The average molecular weight is 785 g/mol. The van der Waals surface area contributed by atoms with Gasteiger partial charge in [-0.2, -0.15) is 4.31 Å². The fourth-order valence-corrected chi connectivity index (χ4v) is 11.6. The summed E-state index contributed by atoms with van der Waals surface area (Å²) in [5, 5.41) is 13.1. The molecule has 1 unspecified atom stereocenters. The van der Waals surface area contributed by atoms with Crippen LogP contribution in [-0.2, 0) is 35.7 Å². The number of ketones is 1. The second-order valence-electron chi connectivity index (χ2n) is 16.6. The van der Waals surface area contributed by atoms with Crippen molar-refractivity contribution in [3.63, 3.8) is 0 Å². The van der Waals surface area contributed by atoms with Crippen molar-refractivity contribution in [3.05, 3.63) is 29.0 Å². The van der Waals surface area contributed by atoms with Crippen molar-refractivity contribution in [2.75, 3.05) is 19.6 Å². The molecule has 0 radical (unpaired) electrons. The molecule has 6 atom stereocenters. The van der Waals surface area contributed by atoms with Gasteiger partial charge in [-0.25, -0.2) is 13.2 Å². The summed E-state index contributed by atoms with van der Waals surface area (Å²) in [5.41, 5.74) is -1.15. The highest BCUT2D eigenvalue weighted by Crippen LogP contribution is 2.45. The van der Waals surface area contributed by atoms with Crippen molar-refractivity contribution < 1.29 is 32.4 Å². The molecule has 13 nitrogen and oxygen atoms in total. The largest absolute Gasteiger partial charge is 0.346 e. The molecule has 2 saturated carbocycles. The van der Waals surface area contributed by atoms with Crippen molar-refractivity contribution in [1.82, 2.24) is 30.5 Å². The van der Waals surface area contributed by atoms with Gasteiger partial charge in [0, 0.05) is 43.5 Å². The summed E-state index contributed by atoms with van der Waals surface area (Å²) in [5.74, 6) is -0.160. The Bertz CT molecular complexity index is 1760.